The van der Waals surface area contributed by atoms with Crippen molar-refractivity contribution in [1.82, 2.24) is 25.6 Å². The molecular weight excluding hydrogens is 416 g/mol. The van der Waals surface area contributed by atoms with Crippen LogP contribution >= 0.6 is 0 Å². The number of rotatable bonds is 5. The van der Waals surface area contributed by atoms with Crippen molar-refractivity contribution >= 4 is 16.7 Å². The average molecular weight is 438 g/mol. The van der Waals surface area contributed by atoms with Gasteiger partial charge in [0.05, 0.1) is 17.1 Å². The van der Waals surface area contributed by atoms with Crippen LogP contribution in [0.3, 0.4) is 0 Å². The summed E-state index contributed by atoms with van der Waals surface area (Å²) in [5.74, 6) is 0.979. The van der Waals surface area contributed by atoms with E-state index in [0.29, 0.717) is 33.8 Å². The Hall–Kier alpha value is -4.33. The Morgan fingerprint density at radius 3 is 2.64 bits per heavy atom. The highest BCUT2D eigenvalue weighted by Gasteiger charge is 2.20. The van der Waals surface area contributed by atoms with Crippen molar-refractivity contribution < 1.29 is 4.42 Å². The predicted octanol–water partition coefficient (Wildman–Crippen LogP) is 4.83. The van der Waals surface area contributed by atoms with Crippen molar-refractivity contribution in [3.63, 3.8) is 0 Å². The van der Waals surface area contributed by atoms with E-state index in [-0.39, 0.29) is 11.5 Å². The van der Waals surface area contributed by atoms with Gasteiger partial charge >= 0.3 is 0 Å². The molecule has 0 saturated heterocycles. The minimum atomic E-state index is -0.197. The summed E-state index contributed by atoms with van der Waals surface area (Å²) >= 11 is 0. The van der Waals surface area contributed by atoms with Crippen molar-refractivity contribution in [2.75, 3.05) is 5.32 Å². The molecule has 1 unspecified atom stereocenters. The number of nitrogens with one attached hydrogen (secondary N) is 2. The number of nitrogens with zero attached hydrogens (tertiary/aromatic N) is 4. The van der Waals surface area contributed by atoms with Gasteiger partial charge in [-0.2, -0.15) is 5.21 Å². The van der Waals surface area contributed by atoms with Crippen LogP contribution in [-0.2, 0) is 0 Å². The summed E-state index contributed by atoms with van der Waals surface area (Å²) in [6, 6.07) is 17.2. The Kier molecular flexibility index (Phi) is 5.18. The van der Waals surface area contributed by atoms with E-state index in [9.17, 15) is 4.79 Å². The van der Waals surface area contributed by atoms with Gasteiger partial charge in [-0.15, -0.1) is 10.2 Å². The van der Waals surface area contributed by atoms with Crippen LogP contribution in [0.1, 0.15) is 29.7 Å². The first-order valence-electron chi connectivity index (χ1n) is 10.6. The van der Waals surface area contributed by atoms with Crippen molar-refractivity contribution in [1.29, 1.82) is 0 Å². The smallest absolute Gasteiger partial charge is 0.225 e. The molecule has 5 rings (SSSR count). The van der Waals surface area contributed by atoms with Crippen LogP contribution in [0.15, 0.2) is 70.0 Å². The maximum Gasteiger partial charge on any atom is 0.225 e. The molecule has 3 heterocycles. The first-order valence-corrected chi connectivity index (χ1v) is 10.6. The second kappa shape index (κ2) is 8.31. The SMILES string of the molecule is Cc1cc(C(C)Nc2cccnc2-c2nn[nH]n2)c2oc(-c3ccccc3)c(C)c(=O)c2c1. The Balaban J connectivity index is 1.64. The Labute approximate surface area is 189 Å². The van der Waals surface area contributed by atoms with Crippen LogP contribution in [0.25, 0.3) is 33.8 Å². The Bertz CT molecular complexity index is 1490. The molecule has 0 spiro atoms. The van der Waals surface area contributed by atoms with Crippen LogP contribution in [0.4, 0.5) is 5.69 Å². The minimum absolute atomic E-state index is 0.0267. The molecule has 0 aliphatic rings. The number of anilines is 1. The van der Waals surface area contributed by atoms with Crippen molar-refractivity contribution in [2.45, 2.75) is 26.8 Å². The molecule has 33 heavy (non-hydrogen) atoms. The van der Waals surface area contributed by atoms with E-state index in [1.54, 1.807) is 6.20 Å². The summed E-state index contributed by atoms with van der Waals surface area (Å²) in [6.07, 6.45) is 1.68. The second-order valence-corrected chi connectivity index (χ2v) is 7.98. The Morgan fingerprint density at radius 2 is 1.88 bits per heavy atom. The van der Waals surface area contributed by atoms with Crippen LogP contribution in [0.2, 0.25) is 0 Å². The van der Waals surface area contributed by atoms with E-state index in [1.165, 1.54) is 0 Å². The number of pyridine rings is 1. The van der Waals surface area contributed by atoms with E-state index < -0.39 is 0 Å². The molecule has 0 aliphatic carbocycles. The van der Waals surface area contributed by atoms with Gasteiger partial charge in [0.15, 0.2) is 5.43 Å². The fourth-order valence-electron chi connectivity index (χ4n) is 4.03. The summed E-state index contributed by atoms with van der Waals surface area (Å²) in [5, 5.41) is 18.2. The van der Waals surface area contributed by atoms with E-state index in [2.05, 4.69) is 30.9 Å². The van der Waals surface area contributed by atoms with E-state index in [0.717, 1.165) is 22.4 Å². The molecule has 8 nitrogen and oxygen atoms in total. The number of tetrazole rings is 1. The molecule has 0 radical (unpaired) electrons. The predicted molar refractivity (Wildman–Crippen MR) is 127 cm³/mol. The van der Waals surface area contributed by atoms with Crippen LogP contribution in [-0.4, -0.2) is 25.6 Å². The van der Waals surface area contributed by atoms with Crippen molar-refractivity contribution in [3.05, 3.63) is 87.7 Å². The number of benzene rings is 2. The molecule has 0 amide bonds. The maximum absolute atomic E-state index is 13.3. The van der Waals surface area contributed by atoms with Crippen LogP contribution < -0.4 is 10.7 Å². The lowest BCUT2D eigenvalue weighted by Gasteiger charge is -2.19. The van der Waals surface area contributed by atoms with E-state index in [4.69, 9.17) is 4.42 Å². The molecule has 0 saturated carbocycles. The van der Waals surface area contributed by atoms with Gasteiger partial charge in [0, 0.05) is 22.9 Å². The summed E-state index contributed by atoms with van der Waals surface area (Å²) in [7, 11) is 0. The van der Waals surface area contributed by atoms with Gasteiger partial charge < -0.3 is 9.73 Å². The molecular formula is C25H22N6O2. The third-order valence-electron chi connectivity index (χ3n) is 5.63. The molecule has 2 aromatic carbocycles. The highest BCUT2D eigenvalue weighted by molar-refractivity contribution is 5.85. The molecule has 2 N–H and O–H groups in total. The van der Waals surface area contributed by atoms with Gasteiger partial charge in [0.1, 0.15) is 17.0 Å². The third kappa shape index (κ3) is 3.76. The lowest BCUT2D eigenvalue weighted by Crippen LogP contribution is -2.13. The number of hydrogen-bond donors (Lipinski definition) is 2. The third-order valence-corrected chi connectivity index (χ3v) is 5.63. The van der Waals surface area contributed by atoms with E-state index in [1.807, 2.05) is 75.4 Å². The molecule has 0 aliphatic heterocycles. The van der Waals surface area contributed by atoms with E-state index >= 15 is 0 Å². The number of aromatic nitrogens is 5. The number of H-pyrrole nitrogens is 1. The molecule has 8 heteroatoms. The first-order chi connectivity index (χ1) is 16.0. The van der Waals surface area contributed by atoms with Gasteiger partial charge in [-0.1, -0.05) is 36.4 Å². The summed E-state index contributed by atoms with van der Waals surface area (Å²) in [4.78, 5) is 17.7. The van der Waals surface area contributed by atoms with Gasteiger partial charge in [0.25, 0.3) is 0 Å². The summed E-state index contributed by atoms with van der Waals surface area (Å²) in [6.45, 7) is 5.80. The zero-order valence-electron chi connectivity index (χ0n) is 18.5. The fraction of sp³-hybridized carbons (Fsp3) is 0.160. The van der Waals surface area contributed by atoms with Crippen LogP contribution in [0, 0.1) is 13.8 Å². The van der Waals surface area contributed by atoms with Gasteiger partial charge in [-0.3, -0.25) is 9.78 Å². The molecule has 1 atom stereocenters. The highest BCUT2D eigenvalue weighted by atomic mass is 16.3. The number of fused-ring (bicyclic) bond motifs is 1. The lowest BCUT2D eigenvalue weighted by atomic mass is 9.98. The molecule has 164 valence electrons. The lowest BCUT2D eigenvalue weighted by molar-refractivity contribution is 0.605. The minimum Gasteiger partial charge on any atom is -0.455 e. The molecule has 5 aromatic rings. The number of aryl methyl sites for hydroxylation is 1. The van der Waals surface area contributed by atoms with Crippen LogP contribution in [0.5, 0.6) is 0 Å². The Morgan fingerprint density at radius 1 is 1.06 bits per heavy atom. The second-order valence-electron chi connectivity index (χ2n) is 7.98. The quantitative estimate of drug-likeness (QED) is 0.405. The van der Waals surface area contributed by atoms with Gasteiger partial charge in [0.2, 0.25) is 5.82 Å². The molecule has 0 bridgehead atoms. The zero-order valence-corrected chi connectivity index (χ0v) is 18.5. The zero-order chi connectivity index (χ0) is 22.9. The van der Waals surface area contributed by atoms with Gasteiger partial charge in [-0.25, -0.2) is 0 Å². The van der Waals surface area contributed by atoms with Gasteiger partial charge in [-0.05, 0) is 49.7 Å². The topological polar surface area (TPSA) is 110 Å². The molecule has 0 fully saturated rings. The fourth-order valence-corrected chi connectivity index (χ4v) is 4.03. The average Bonchev–Trinajstić information content (AvgIpc) is 3.37. The summed E-state index contributed by atoms with van der Waals surface area (Å²) in [5.41, 5.74) is 5.19. The highest BCUT2D eigenvalue weighted by Crippen LogP contribution is 2.33. The normalized spacial score (nSPS) is 12.1. The first kappa shape index (κ1) is 20.6. The molecule has 3 aromatic heterocycles. The monoisotopic (exact) mass is 438 g/mol. The maximum atomic E-state index is 13.3. The largest absolute Gasteiger partial charge is 0.455 e. The van der Waals surface area contributed by atoms with Crippen molar-refractivity contribution in [2.24, 2.45) is 0 Å². The van der Waals surface area contributed by atoms with Crippen molar-refractivity contribution in [3.8, 4) is 22.8 Å². The number of hydrogen-bond acceptors (Lipinski definition) is 7. The summed E-state index contributed by atoms with van der Waals surface area (Å²) < 4.78 is 6.41. The standard InChI is InChI=1S/C25H22N6O2/c1-14-12-18(16(3)27-20-10-7-11-26-21(20)25-28-30-31-29-25)24-19(13-14)22(32)15(2)23(33-24)17-8-5-4-6-9-17/h4-13,16,27H,1-3H3,(H,28,29,30,31). The number of aromatic amines is 1.